The first-order valence-corrected chi connectivity index (χ1v) is 7.20. The highest BCUT2D eigenvalue weighted by atomic mass is 79.9. The zero-order valence-corrected chi connectivity index (χ0v) is 12.8. The Morgan fingerprint density at radius 3 is 2.75 bits per heavy atom. The lowest BCUT2D eigenvalue weighted by molar-refractivity contribution is -0.142. The fourth-order valence-corrected chi connectivity index (χ4v) is 2.70. The largest absolute Gasteiger partial charge is 0.465 e. The predicted molar refractivity (Wildman–Crippen MR) is 77.4 cm³/mol. The molecule has 1 heterocycles. The Morgan fingerprint density at radius 2 is 2.15 bits per heavy atom. The Labute approximate surface area is 125 Å². The molecule has 0 aliphatic heterocycles. The fraction of sp³-hybridized carbons (Fsp3) is 0.400. The lowest BCUT2D eigenvalue weighted by Gasteiger charge is -2.35. The van der Waals surface area contributed by atoms with Crippen molar-refractivity contribution in [2.24, 2.45) is 11.3 Å². The lowest BCUT2D eigenvalue weighted by Crippen LogP contribution is -2.49. The predicted octanol–water partition coefficient (Wildman–Crippen LogP) is 2.81. The molecular formula is C15H15BrO4. The first-order valence-electron chi connectivity index (χ1n) is 6.29. The summed E-state index contributed by atoms with van der Waals surface area (Å²) in [6.45, 7) is 3.67. The van der Waals surface area contributed by atoms with Crippen LogP contribution in [0.5, 0.6) is 0 Å². The molecule has 0 bridgehead atoms. The molecule has 0 spiro atoms. The summed E-state index contributed by atoms with van der Waals surface area (Å²) in [7, 11) is 0. The van der Waals surface area contributed by atoms with Gasteiger partial charge >= 0.3 is 0 Å². The standard InChI is InChI=1S/C15H15BrO4/c1-15(2)8-11(18)12(13(19)14(15)16)10(17)6-5-9-4-3-7-20-9/h3-7,12,14H,8H2,1-2H3/b6-5+/t12-,14+/m0/s1. The second-order valence-corrected chi connectivity index (χ2v) is 6.50. The van der Waals surface area contributed by atoms with Crippen LogP contribution in [0.25, 0.3) is 6.08 Å². The van der Waals surface area contributed by atoms with Crippen LogP contribution in [-0.4, -0.2) is 22.2 Å². The number of furan rings is 1. The van der Waals surface area contributed by atoms with Crippen LogP contribution in [0, 0.1) is 11.3 Å². The van der Waals surface area contributed by atoms with E-state index in [1.807, 2.05) is 13.8 Å². The number of ketones is 3. The maximum atomic E-state index is 12.2. The van der Waals surface area contributed by atoms with Gasteiger partial charge < -0.3 is 4.42 Å². The monoisotopic (exact) mass is 338 g/mol. The van der Waals surface area contributed by atoms with E-state index in [0.29, 0.717) is 5.76 Å². The van der Waals surface area contributed by atoms with Gasteiger partial charge in [0.15, 0.2) is 17.3 Å². The topological polar surface area (TPSA) is 64.3 Å². The van der Waals surface area contributed by atoms with Crippen LogP contribution in [0.1, 0.15) is 26.0 Å². The number of hydrogen-bond donors (Lipinski definition) is 0. The van der Waals surface area contributed by atoms with Gasteiger partial charge in [0.2, 0.25) is 0 Å². The van der Waals surface area contributed by atoms with E-state index in [2.05, 4.69) is 15.9 Å². The molecule has 20 heavy (non-hydrogen) atoms. The van der Waals surface area contributed by atoms with Gasteiger partial charge in [-0.3, -0.25) is 14.4 Å². The van der Waals surface area contributed by atoms with E-state index in [1.165, 1.54) is 18.4 Å². The third-order valence-electron chi connectivity index (χ3n) is 3.41. The summed E-state index contributed by atoms with van der Waals surface area (Å²) in [5.41, 5.74) is -0.463. The smallest absolute Gasteiger partial charge is 0.173 e. The minimum absolute atomic E-state index is 0.208. The Morgan fingerprint density at radius 1 is 1.45 bits per heavy atom. The summed E-state index contributed by atoms with van der Waals surface area (Å²) in [6.07, 6.45) is 4.39. The van der Waals surface area contributed by atoms with Crippen LogP contribution in [0.15, 0.2) is 28.9 Å². The molecule has 0 amide bonds. The first-order chi connectivity index (χ1) is 9.33. The number of carbonyl (C=O) groups is 3. The molecule has 1 aliphatic carbocycles. The van der Waals surface area contributed by atoms with Crippen molar-refractivity contribution in [3.63, 3.8) is 0 Å². The Hall–Kier alpha value is -1.49. The zero-order chi connectivity index (χ0) is 14.9. The van der Waals surface area contributed by atoms with Crippen molar-refractivity contribution in [3.05, 3.63) is 30.2 Å². The molecule has 1 saturated carbocycles. The van der Waals surface area contributed by atoms with Crippen molar-refractivity contribution in [3.8, 4) is 0 Å². The van der Waals surface area contributed by atoms with E-state index in [9.17, 15) is 14.4 Å². The quantitative estimate of drug-likeness (QED) is 0.483. The van der Waals surface area contributed by atoms with Gasteiger partial charge in [-0.15, -0.1) is 0 Å². The van der Waals surface area contributed by atoms with Crippen molar-refractivity contribution in [1.29, 1.82) is 0 Å². The van der Waals surface area contributed by atoms with Crippen LogP contribution in [0.4, 0.5) is 0 Å². The molecule has 1 aliphatic rings. The molecule has 1 fully saturated rings. The average Bonchev–Trinajstić information content (AvgIpc) is 2.86. The maximum Gasteiger partial charge on any atom is 0.173 e. The van der Waals surface area contributed by atoms with Gasteiger partial charge in [0.05, 0.1) is 11.1 Å². The number of alkyl halides is 1. The molecule has 5 heteroatoms. The van der Waals surface area contributed by atoms with E-state index in [1.54, 1.807) is 12.1 Å². The minimum atomic E-state index is -1.20. The Bertz CT molecular complexity index is 569. The number of rotatable bonds is 3. The molecule has 4 nitrogen and oxygen atoms in total. The van der Waals surface area contributed by atoms with Crippen LogP contribution in [0.3, 0.4) is 0 Å². The summed E-state index contributed by atoms with van der Waals surface area (Å²) >= 11 is 3.30. The van der Waals surface area contributed by atoms with Crippen molar-refractivity contribution in [1.82, 2.24) is 0 Å². The zero-order valence-electron chi connectivity index (χ0n) is 11.3. The van der Waals surface area contributed by atoms with Crippen LogP contribution in [0.2, 0.25) is 0 Å². The van der Waals surface area contributed by atoms with Crippen LogP contribution < -0.4 is 0 Å². The third-order valence-corrected chi connectivity index (χ3v) is 5.10. The fourth-order valence-electron chi connectivity index (χ4n) is 2.28. The summed E-state index contributed by atoms with van der Waals surface area (Å²) in [6, 6.07) is 3.38. The minimum Gasteiger partial charge on any atom is -0.465 e. The number of allylic oxidation sites excluding steroid dienone is 1. The molecular weight excluding hydrogens is 324 g/mol. The van der Waals surface area contributed by atoms with Crippen molar-refractivity contribution in [2.75, 3.05) is 0 Å². The molecule has 0 N–H and O–H groups in total. The molecule has 0 radical (unpaired) electrons. The second kappa shape index (κ2) is 5.48. The Balaban J connectivity index is 2.17. The van der Waals surface area contributed by atoms with Crippen LogP contribution in [-0.2, 0) is 14.4 Å². The van der Waals surface area contributed by atoms with Gasteiger partial charge in [0, 0.05) is 6.42 Å². The van der Waals surface area contributed by atoms with Crippen LogP contribution >= 0.6 is 15.9 Å². The number of Topliss-reactive ketones (excluding diaryl/α,β-unsaturated/α-hetero) is 2. The highest BCUT2D eigenvalue weighted by molar-refractivity contribution is 9.10. The van der Waals surface area contributed by atoms with Crippen molar-refractivity contribution < 1.29 is 18.8 Å². The molecule has 0 aromatic carbocycles. The van der Waals surface area contributed by atoms with Crippen molar-refractivity contribution >= 4 is 39.4 Å². The number of hydrogen-bond acceptors (Lipinski definition) is 4. The number of halogens is 1. The molecule has 2 atom stereocenters. The van der Waals surface area contributed by atoms with E-state index in [-0.39, 0.29) is 18.0 Å². The van der Waals surface area contributed by atoms with Gasteiger partial charge in [0.1, 0.15) is 11.7 Å². The molecule has 2 rings (SSSR count). The van der Waals surface area contributed by atoms with Gasteiger partial charge in [-0.1, -0.05) is 29.8 Å². The van der Waals surface area contributed by atoms with E-state index in [4.69, 9.17) is 4.42 Å². The first kappa shape index (κ1) is 14.9. The molecule has 0 unspecified atom stereocenters. The highest BCUT2D eigenvalue weighted by Crippen LogP contribution is 2.39. The third kappa shape index (κ3) is 2.82. The summed E-state index contributed by atoms with van der Waals surface area (Å²) < 4.78 is 5.06. The lowest BCUT2D eigenvalue weighted by atomic mass is 9.70. The highest BCUT2D eigenvalue weighted by Gasteiger charge is 2.48. The van der Waals surface area contributed by atoms with Crippen molar-refractivity contribution in [2.45, 2.75) is 25.1 Å². The summed E-state index contributed by atoms with van der Waals surface area (Å²) in [5, 5.41) is 0. The van der Waals surface area contributed by atoms with Gasteiger partial charge in [0.25, 0.3) is 0 Å². The van der Waals surface area contributed by atoms with E-state index in [0.717, 1.165) is 0 Å². The van der Waals surface area contributed by atoms with Gasteiger partial charge in [-0.05, 0) is 29.7 Å². The normalized spacial score (nSPS) is 26.1. The SMILES string of the molecule is CC1(C)CC(=O)[C@H](C(=O)/C=C/c2ccco2)C(=O)[C@H]1Br. The van der Waals surface area contributed by atoms with Gasteiger partial charge in [-0.25, -0.2) is 0 Å². The maximum absolute atomic E-state index is 12.2. The van der Waals surface area contributed by atoms with E-state index >= 15 is 0 Å². The summed E-state index contributed by atoms with van der Waals surface area (Å²) in [4.78, 5) is 35.8. The second-order valence-electron chi connectivity index (χ2n) is 5.58. The van der Waals surface area contributed by atoms with E-state index < -0.39 is 21.9 Å². The molecule has 0 saturated heterocycles. The average molecular weight is 339 g/mol. The Kier molecular flexibility index (Phi) is 4.09. The molecule has 1 aromatic heterocycles. The number of carbonyl (C=O) groups excluding carboxylic acids is 3. The molecule has 106 valence electrons. The molecule has 1 aromatic rings. The van der Waals surface area contributed by atoms with Gasteiger partial charge in [-0.2, -0.15) is 0 Å². The summed E-state index contributed by atoms with van der Waals surface area (Å²) in [5.74, 6) is -1.86.